The minimum absolute atomic E-state index is 0.135. The number of aromatic nitrogens is 3. The lowest BCUT2D eigenvalue weighted by Gasteiger charge is -2.06. The molecule has 2 heterocycles. The summed E-state index contributed by atoms with van der Waals surface area (Å²) in [4.78, 5) is 7.73. The molecule has 2 aromatic heterocycles. The van der Waals surface area contributed by atoms with Crippen LogP contribution in [0.1, 0.15) is 17.0 Å². The first-order valence-electron chi connectivity index (χ1n) is 4.91. The molecule has 0 amide bonds. The van der Waals surface area contributed by atoms with Crippen LogP contribution in [-0.4, -0.2) is 15.1 Å². The van der Waals surface area contributed by atoms with Crippen LogP contribution in [0.25, 0.3) is 0 Å². The highest BCUT2D eigenvalue weighted by atomic mass is 35.5. The van der Waals surface area contributed by atoms with Gasteiger partial charge < -0.3 is 9.84 Å². The van der Waals surface area contributed by atoms with Gasteiger partial charge in [0.15, 0.2) is 5.76 Å². The van der Waals surface area contributed by atoms with E-state index >= 15 is 0 Å². The van der Waals surface area contributed by atoms with E-state index in [0.29, 0.717) is 11.7 Å². The average molecular weight is 273 g/mol. The van der Waals surface area contributed by atoms with E-state index in [-0.39, 0.29) is 5.28 Å². The molecule has 0 aliphatic carbocycles. The lowest BCUT2D eigenvalue weighted by Crippen LogP contribution is -2.03. The van der Waals surface area contributed by atoms with Crippen LogP contribution in [0, 0.1) is 13.8 Å². The Balaban J connectivity index is 2.13. The van der Waals surface area contributed by atoms with Crippen LogP contribution in [0.5, 0.6) is 0 Å². The number of halogens is 2. The molecule has 0 fully saturated rings. The molecule has 0 aromatic carbocycles. The van der Waals surface area contributed by atoms with Gasteiger partial charge in [0.1, 0.15) is 16.5 Å². The zero-order valence-electron chi connectivity index (χ0n) is 9.29. The second kappa shape index (κ2) is 4.89. The Bertz CT molecular complexity index is 522. The van der Waals surface area contributed by atoms with Crippen molar-refractivity contribution in [1.29, 1.82) is 0 Å². The van der Waals surface area contributed by atoms with Crippen molar-refractivity contribution >= 4 is 28.9 Å². The van der Waals surface area contributed by atoms with Crippen LogP contribution in [0.2, 0.25) is 10.4 Å². The van der Waals surface area contributed by atoms with Crippen LogP contribution in [0.4, 0.5) is 5.69 Å². The van der Waals surface area contributed by atoms with Crippen molar-refractivity contribution in [3.8, 4) is 0 Å². The van der Waals surface area contributed by atoms with Crippen molar-refractivity contribution in [3.05, 3.63) is 33.7 Å². The van der Waals surface area contributed by atoms with Gasteiger partial charge in [-0.05, 0) is 25.4 Å². The zero-order chi connectivity index (χ0) is 12.4. The molecule has 0 saturated carbocycles. The molecule has 0 spiro atoms. The Hall–Kier alpha value is -1.33. The fourth-order valence-corrected chi connectivity index (χ4v) is 1.78. The van der Waals surface area contributed by atoms with Crippen LogP contribution >= 0.6 is 23.2 Å². The standard InChI is InChI=1S/C10H10Cl2N4O/c1-5-8(6(2)17-16-5)13-3-7-4-14-10(12)15-9(7)11/h4,13H,3H2,1-2H3. The van der Waals surface area contributed by atoms with Crippen LogP contribution in [-0.2, 0) is 6.54 Å². The van der Waals surface area contributed by atoms with E-state index in [1.165, 1.54) is 0 Å². The average Bonchev–Trinajstić information content (AvgIpc) is 2.58. The monoisotopic (exact) mass is 272 g/mol. The predicted octanol–water partition coefficient (Wildman–Crippen LogP) is 3.00. The first-order valence-corrected chi connectivity index (χ1v) is 5.67. The third kappa shape index (κ3) is 2.68. The van der Waals surface area contributed by atoms with Gasteiger partial charge in [0.2, 0.25) is 5.28 Å². The van der Waals surface area contributed by atoms with Gasteiger partial charge in [-0.25, -0.2) is 9.97 Å². The minimum atomic E-state index is 0.135. The molecule has 0 saturated heterocycles. The molecule has 7 heteroatoms. The predicted molar refractivity (Wildman–Crippen MR) is 65.4 cm³/mol. The third-order valence-corrected chi connectivity index (χ3v) is 2.78. The van der Waals surface area contributed by atoms with E-state index in [9.17, 15) is 0 Å². The maximum Gasteiger partial charge on any atom is 0.223 e. The molecule has 0 atom stereocenters. The zero-order valence-corrected chi connectivity index (χ0v) is 10.8. The number of rotatable bonds is 3. The van der Waals surface area contributed by atoms with Crippen molar-refractivity contribution < 1.29 is 4.52 Å². The smallest absolute Gasteiger partial charge is 0.223 e. The fourth-order valence-electron chi connectivity index (χ4n) is 1.40. The summed E-state index contributed by atoms with van der Waals surface area (Å²) in [5.41, 5.74) is 2.42. The summed E-state index contributed by atoms with van der Waals surface area (Å²) in [7, 11) is 0. The Labute approximate surface area is 108 Å². The van der Waals surface area contributed by atoms with E-state index in [0.717, 1.165) is 22.7 Å². The summed E-state index contributed by atoms with van der Waals surface area (Å²) in [6.45, 7) is 4.18. The highest BCUT2D eigenvalue weighted by Crippen LogP contribution is 2.21. The Morgan fingerprint density at radius 3 is 2.71 bits per heavy atom. The highest BCUT2D eigenvalue weighted by Gasteiger charge is 2.10. The van der Waals surface area contributed by atoms with E-state index in [4.69, 9.17) is 27.7 Å². The van der Waals surface area contributed by atoms with Gasteiger partial charge in [-0.3, -0.25) is 0 Å². The van der Waals surface area contributed by atoms with Crippen molar-refractivity contribution in [1.82, 2.24) is 15.1 Å². The first kappa shape index (κ1) is 12.1. The molecule has 2 rings (SSSR count). The SMILES string of the molecule is Cc1noc(C)c1NCc1cnc(Cl)nc1Cl. The Morgan fingerprint density at radius 1 is 1.35 bits per heavy atom. The van der Waals surface area contributed by atoms with Crippen LogP contribution in [0.15, 0.2) is 10.7 Å². The van der Waals surface area contributed by atoms with Crippen molar-refractivity contribution in [2.45, 2.75) is 20.4 Å². The topological polar surface area (TPSA) is 63.8 Å². The molecular formula is C10H10Cl2N4O. The van der Waals surface area contributed by atoms with Gasteiger partial charge in [-0.15, -0.1) is 0 Å². The minimum Gasteiger partial charge on any atom is -0.376 e. The van der Waals surface area contributed by atoms with Gasteiger partial charge in [0.25, 0.3) is 0 Å². The Kier molecular flexibility index (Phi) is 3.49. The summed E-state index contributed by atoms with van der Waals surface area (Å²) in [6.07, 6.45) is 1.59. The van der Waals surface area contributed by atoms with E-state index in [2.05, 4.69) is 20.4 Å². The number of aryl methyl sites for hydroxylation is 2. The van der Waals surface area contributed by atoms with E-state index in [1.54, 1.807) is 6.20 Å². The number of nitrogens with one attached hydrogen (secondary N) is 1. The second-order valence-corrected chi connectivity index (χ2v) is 4.20. The molecule has 5 nitrogen and oxygen atoms in total. The Morgan fingerprint density at radius 2 is 2.12 bits per heavy atom. The third-order valence-electron chi connectivity index (χ3n) is 2.27. The summed E-state index contributed by atoms with van der Waals surface area (Å²) >= 11 is 11.5. The highest BCUT2D eigenvalue weighted by molar-refractivity contribution is 6.32. The second-order valence-electron chi connectivity index (χ2n) is 3.51. The van der Waals surface area contributed by atoms with Crippen molar-refractivity contribution in [2.75, 3.05) is 5.32 Å². The first-order chi connectivity index (χ1) is 8.08. The number of hydrogen-bond donors (Lipinski definition) is 1. The largest absolute Gasteiger partial charge is 0.376 e. The van der Waals surface area contributed by atoms with Crippen LogP contribution in [0.3, 0.4) is 0 Å². The van der Waals surface area contributed by atoms with Crippen LogP contribution < -0.4 is 5.32 Å². The van der Waals surface area contributed by atoms with Gasteiger partial charge >= 0.3 is 0 Å². The molecule has 17 heavy (non-hydrogen) atoms. The lowest BCUT2D eigenvalue weighted by atomic mass is 10.3. The molecule has 2 aromatic rings. The molecule has 90 valence electrons. The number of hydrogen-bond acceptors (Lipinski definition) is 5. The quantitative estimate of drug-likeness (QED) is 0.688. The summed E-state index contributed by atoms with van der Waals surface area (Å²) in [5, 5.41) is 7.49. The van der Waals surface area contributed by atoms with Crippen molar-refractivity contribution in [2.24, 2.45) is 0 Å². The number of nitrogens with zero attached hydrogens (tertiary/aromatic N) is 3. The maximum atomic E-state index is 5.93. The van der Waals surface area contributed by atoms with Crippen molar-refractivity contribution in [3.63, 3.8) is 0 Å². The lowest BCUT2D eigenvalue weighted by molar-refractivity contribution is 0.393. The summed E-state index contributed by atoms with van der Waals surface area (Å²) in [6, 6.07) is 0. The van der Waals surface area contributed by atoms with E-state index < -0.39 is 0 Å². The van der Waals surface area contributed by atoms with Gasteiger partial charge in [0.05, 0.1) is 0 Å². The molecule has 0 unspecified atom stereocenters. The molecule has 0 aliphatic rings. The molecule has 0 aliphatic heterocycles. The normalized spacial score (nSPS) is 10.6. The van der Waals surface area contributed by atoms with Gasteiger partial charge in [-0.1, -0.05) is 16.8 Å². The summed E-state index contributed by atoms with van der Waals surface area (Å²) in [5.74, 6) is 0.730. The van der Waals surface area contributed by atoms with Gasteiger partial charge in [-0.2, -0.15) is 0 Å². The molecular weight excluding hydrogens is 263 g/mol. The number of anilines is 1. The van der Waals surface area contributed by atoms with Gasteiger partial charge in [0, 0.05) is 18.3 Å². The molecule has 0 radical (unpaired) electrons. The summed E-state index contributed by atoms with van der Waals surface area (Å²) < 4.78 is 5.04. The molecule has 0 bridgehead atoms. The molecule has 1 N–H and O–H groups in total. The van der Waals surface area contributed by atoms with E-state index in [1.807, 2.05) is 13.8 Å². The fraction of sp³-hybridized carbons (Fsp3) is 0.300. The maximum absolute atomic E-state index is 5.93.